The van der Waals surface area contributed by atoms with Gasteiger partial charge in [-0.05, 0) is 51.6 Å². The van der Waals surface area contributed by atoms with Crippen molar-refractivity contribution in [3.8, 4) is 5.75 Å². The molecule has 1 fully saturated rings. The number of nitrogens with zero attached hydrogens (tertiary/aromatic N) is 2. The van der Waals surface area contributed by atoms with Crippen LogP contribution in [0.2, 0.25) is 0 Å². The van der Waals surface area contributed by atoms with Crippen molar-refractivity contribution in [2.45, 2.75) is 71.6 Å². The van der Waals surface area contributed by atoms with Gasteiger partial charge in [0.1, 0.15) is 23.8 Å². The Hall–Kier alpha value is -3.24. The van der Waals surface area contributed by atoms with Crippen molar-refractivity contribution in [3.63, 3.8) is 0 Å². The highest BCUT2D eigenvalue weighted by Crippen LogP contribution is 2.49. The minimum atomic E-state index is -4.16. The SMILES string of the molecule is CC(C)OC(=O)C(C)NP(=O)(Oc1cccc2ccccc12)OC(C)[C@@H]1CC(C)[C@H](n2ccc(N)nc2=O)O1. The van der Waals surface area contributed by atoms with Gasteiger partial charge in [-0.25, -0.2) is 9.36 Å². The van der Waals surface area contributed by atoms with Crippen molar-refractivity contribution in [1.82, 2.24) is 14.6 Å². The first kappa shape index (κ1) is 28.8. The number of anilines is 1. The van der Waals surface area contributed by atoms with Crippen LogP contribution >= 0.6 is 7.75 Å². The van der Waals surface area contributed by atoms with Crippen LogP contribution in [0.3, 0.4) is 0 Å². The topological polar surface area (TPSA) is 144 Å². The molecule has 4 unspecified atom stereocenters. The number of nitrogens with one attached hydrogen (secondary N) is 1. The van der Waals surface area contributed by atoms with Gasteiger partial charge in [-0.3, -0.25) is 13.9 Å². The number of benzene rings is 2. The van der Waals surface area contributed by atoms with Crippen molar-refractivity contribution in [2.24, 2.45) is 5.92 Å². The van der Waals surface area contributed by atoms with Crippen molar-refractivity contribution in [2.75, 3.05) is 5.73 Å². The maximum absolute atomic E-state index is 14.2. The fourth-order valence-corrected chi connectivity index (χ4v) is 6.24. The largest absolute Gasteiger partial charge is 0.462 e. The second kappa shape index (κ2) is 11.9. The molecule has 1 aliphatic heterocycles. The number of fused-ring (bicyclic) bond motifs is 1. The molecule has 0 amide bonds. The quantitative estimate of drug-likeness (QED) is 0.271. The monoisotopic (exact) mass is 558 g/mol. The van der Waals surface area contributed by atoms with Gasteiger partial charge in [0, 0.05) is 17.5 Å². The third kappa shape index (κ3) is 6.86. The van der Waals surface area contributed by atoms with Gasteiger partial charge in [-0.15, -0.1) is 0 Å². The van der Waals surface area contributed by atoms with Crippen LogP contribution in [0.15, 0.2) is 59.5 Å². The lowest BCUT2D eigenvalue weighted by Crippen LogP contribution is -2.38. The third-order valence-corrected chi connectivity index (χ3v) is 8.14. The molecule has 6 atom stereocenters. The van der Waals surface area contributed by atoms with Crippen LogP contribution in [0.1, 0.15) is 47.3 Å². The van der Waals surface area contributed by atoms with Crippen molar-refractivity contribution in [3.05, 3.63) is 65.2 Å². The zero-order valence-corrected chi connectivity index (χ0v) is 23.5. The molecular weight excluding hydrogens is 523 g/mol. The molecule has 1 aliphatic rings. The van der Waals surface area contributed by atoms with Gasteiger partial charge in [-0.1, -0.05) is 43.3 Å². The van der Waals surface area contributed by atoms with Crippen molar-refractivity contribution in [1.29, 1.82) is 0 Å². The van der Waals surface area contributed by atoms with Gasteiger partial charge in [0.15, 0.2) is 0 Å². The van der Waals surface area contributed by atoms with E-state index in [1.165, 1.54) is 23.8 Å². The molecule has 1 saturated heterocycles. The standard InChI is InChI=1S/C27H35N4O7P/c1-16(2)35-26(32)18(4)30-39(34,38-22-12-8-10-20-9-6-7-11-21(20)22)37-19(5)23-15-17(3)25(36-23)31-14-13-24(28)29-27(31)33/h6-14,16-19,23,25H,15H2,1-5H3,(H,30,34)(H2,28,29,33)/t17?,18?,19?,23-,25+,39?/m0/s1. The predicted molar refractivity (Wildman–Crippen MR) is 147 cm³/mol. The second-order valence-corrected chi connectivity index (χ2v) is 11.7. The summed E-state index contributed by atoms with van der Waals surface area (Å²) < 4.78 is 39.1. The molecule has 0 spiro atoms. The molecule has 1 aromatic heterocycles. The summed E-state index contributed by atoms with van der Waals surface area (Å²) >= 11 is 0. The van der Waals surface area contributed by atoms with E-state index in [2.05, 4.69) is 10.1 Å². The number of hydrogen-bond donors (Lipinski definition) is 2. The van der Waals surface area contributed by atoms with E-state index in [0.29, 0.717) is 12.2 Å². The van der Waals surface area contributed by atoms with Crippen LogP contribution in [0, 0.1) is 5.92 Å². The molecule has 2 heterocycles. The molecule has 12 heteroatoms. The number of aromatic nitrogens is 2. The summed E-state index contributed by atoms with van der Waals surface area (Å²) in [5.41, 5.74) is 5.10. The molecule has 39 heavy (non-hydrogen) atoms. The second-order valence-electron chi connectivity index (χ2n) is 10.0. The van der Waals surface area contributed by atoms with Crippen LogP contribution in [-0.2, 0) is 23.4 Å². The molecule has 2 aromatic carbocycles. The lowest BCUT2D eigenvalue weighted by molar-refractivity contribution is -0.149. The Bertz CT molecular complexity index is 1420. The third-order valence-electron chi connectivity index (χ3n) is 6.38. The predicted octanol–water partition coefficient (Wildman–Crippen LogP) is 4.42. The Balaban J connectivity index is 1.58. The molecule has 3 N–H and O–H groups in total. The lowest BCUT2D eigenvalue weighted by Gasteiger charge is -2.28. The van der Waals surface area contributed by atoms with Crippen LogP contribution in [0.5, 0.6) is 5.75 Å². The fraction of sp³-hybridized carbons (Fsp3) is 0.444. The maximum Gasteiger partial charge on any atom is 0.459 e. The van der Waals surface area contributed by atoms with E-state index < -0.39 is 43.9 Å². The number of ether oxygens (including phenoxy) is 2. The van der Waals surface area contributed by atoms with Crippen LogP contribution in [0.4, 0.5) is 5.82 Å². The first-order valence-corrected chi connectivity index (χ1v) is 14.4. The average Bonchev–Trinajstić information content (AvgIpc) is 3.25. The van der Waals surface area contributed by atoms with Gasteiger partial charge in [0.2, 0.25) is 0 Å². The van der Waals surface area contributed by atoms with Gasteiger partial charge in [-0.2, -0.15) is 10.1 Å². The van der Waals surface area contributed by atoms with Gasteiger partial charge in [0.05, 0.1) is 18.3 Å². The molecule has 0 aliphatic carbocycles. The van der Waals surface area contributed by atoms with Crippen LogP contribution in [0.25, 0.3) is 10.8 Å². The minimum Gasteiger partial charge on any atom is -0.462 e. The summed E-state index contributed by atoms with van der Waals surface area (Å²) in [7, 11) is -4.16. The summed E-state index contributed by atoms with van der Waals surface area (Å²) in [4.78, 5) is 28.7. The Labute approximate surface area is 227 Å². The van der Waals surface area contributed by atoms with Crippen molar-refractivity contribution >= 4 is 30.3 Å². The summed E-state index contributed by atoms with van der Waals surface area (Å²) in [6.45, 7) is 8.64. The molecule has 11 nitrogen and oxygen atoms in total. The first-order valence-electron chi connectivity index (χ1n) is 12.9. The molecule has 210 valence electrons. The summed E-state index contributed by atoms with van der Waals surface area (Å²) in [6.07, 6.45) is -0.167. The molecule has 0 bridgehead atoms. The minimum absolute atomic E-state index is 0.0737. The molecule has 3 aromatic rings. The highest BCUT2D eigenvalue weighted by atomic mass is 31.2. The number of hydrogen-bond acceptors (Lipinski definition) is 9. The van der Waals surface area contributed by atoms with E-state index in [9.17, 15) is 14.2 Å². The van der Waals surface area contributed by atoms with E-state index in [-0.39, 0.29) is 17.8 Å². The number of nitrogens with two attached hydrogens (primary N) is 1. The average molecular weight is 559 g/mol. The maximum atomic E-state index is 14.2. The lowest BCUT2D eigenvalue weighted by atomic mass is 10.0. The Morgan fingerprint density at radius 1 is 1.15 bits per heavy atom. The highest BCUT2D eigenvalue weighted by Gasteiger charge is 2.42. The first-order chi connectivity index (χ1) is 18.5. The van der Waals surface area contributed by atoms with E-state index >= 15 is 0 Å². The van der Waals surface area contributed by atoms with E-state index in [4.69, 9.17) is 24.3 Å². The summed E-state index contributed by atoms with van der Waals surface area (Å²) in [5.74, 6) is -0.212. The summed E-state index contributed by atoms with van der Waals surface area (Å²) in [6, 6.07) is 13.4. The normalized spacial score (nSPS) is 22.4. The zero-order chi connectivity index (χ0) is 28.3. The van der Waals surface area contributed by atoms with Gasteiger partial charge in [0.25, 0.3) is 0 Å². The number of esters is 1. The molecule has 4 rings (SSSR count). The molecular formula is C27H35N4O7P. The van der Waals surface area contributed by atoms with E-state index in [1.54, 1.807) is 32.9 Å². The van der Waals surface area contributed by atoms with Crippen LogP contribution in [-0.4, -0.2) is 39.9 Å². The van der Waals surface area contributed by atoms with E-state index in [1.807, 2.05) is 37.3 Å². The fourth-order valence-electron chi connectivity index (χ4n) is 4.51. The Morgan fingerprint density at radius 3 is 2.59 bits per heavy atom. The Kier molecular flexibility index (Phi) is 8.76. The number of carbonyl (C=O) groups is 1. The molecule has 0 radical (unpaired) electrons. The van der Waals surface area contributed by atoms with Gasteiger partial charge < -0.3 is 19.7 Å². The summed E-state index contributed by atoms with van der Waals surface area (Å²) in [5, 5.41) is 4.36. The van der Waals surface area contributed by atoms with Crippen molar-refractivity contribution < 1.29 is 27.9 Å². The van der Waals surface area contributed by atoms with Gasteiger partial charge >= 0.3 is 19.4 Å². The smallest absolute Gasteiger partial charge is 0.459 e. The zero-order valence-electron chi connectivity index (χ0n) is 22.6. The van der Waals surface area contributed by atoms with Crippen LogP contribution < -0.4 is 21.0 Å². The highest BCUT2D eigenvalue weighted by molar-refractivity contribution is 7.52. The number of rotatable bonds is 10. The number of nitrogen functional groups attached to an aromatic ring is 1. The van der Waals surface area contributed by atoms with E-state index in [0.717, 1.165) is 10.8 Å². The Morgan fingerprint density at radius 2 is 1.87 bits per heavy atom. The molecule has 0 saturated carbocycles. The number of carbonyl (C=O) groups excluding carboxylic acids is 1.